The van der Waals surface area contributed by atoms with Crippen molar-refractivity contribution in [2.75, 3.05) is 5.73 Å². The lowest BCUT2D eigenvalue weighted by atomic mass is 10.5. The Bertz CT molecular complexity index is 435. The number of nitrogen functional groups attached to an aromatic ring is 1. The van der Waals surface area contributed by atoms with E-state index < -0.39 is 6.23 Å². The first kappa shape index (κ1) is 7.93. The first-order valence-electron chi connectivity index (χ1n) is 3.81. The Kier molecular flexibility index (Phi) is 1.63. The molecular formula is C7H9N5O. The number of rotatable bonds is 1. The van der Waals surface area contributed by atoms with E-state index in [-0.39, 0.29) is 0 Å². The zero-order valence-corrected chi connectivity index (χ0v) is 7.05. The summed E-state index contributed by atoms with van der Waals surface area (Å²) in [6.07, 6.45) is 2.16. The van der Waals surface area contributed by atoms with E-state index in [9.17, 15) is 5.11 Å². The molecule has 0 amide bonds. The van der Waals surface area contributed by atoms with E-state index in [0.717, 1.165) is 0 Å². The molecule has 1 atom stereocenters. The molecule has 0 aliphatic carbocycles. The molecule has 0 saturated carbocycles. The quantitative estimate of drug-likeness (QED) is 0.639. The zero-order chi connectivity index (χ0) is 9.42. The van der Waals surface area contributed by atoms with Gasteiger partial charge in [0.15, 0.2) is 11.5 Å². The van der Waals surface area contributed by atoms with Gasteiger partial charge in [-0.05, 0) is 6.92 Å². The summed E-state index contributed by atoms with van der Waals surface area (Å²) in [5, 5.41) is 9.32. The highest BCUT2D eigenvalue weighted by molar-refractivity contribution is 5.81. The SMILES string of the molecule is CC(O)n1cnc2c(N)ncnc21. The Morgan fingerprint density at radius 2 is 2.23 bits per heavy atom. The molecule has 2 aromatic heterocycles. The van der Waals surface area contributed by atoms with Gasteiger partial charge < -0.3 is 10.8 Å². The van der Waals surface area contributed by atoms with Crippen molar-refractivity contribution in [3.05, 3.63) is 12.7 Å². The smallest absolute Gasteiger partial charge is 0.167 e. The van der Waals surface area contributed by atoms with E-state index in [1.807, 2.05) is 0 Å². The summed E-state index contributed by atoms with van der Waals surface area (Å²) in [5.74, 6) is 0.324. The van der Waals surface area contributed by atoms with Crippen LogP contribution in [0.4, 0.5) is 5.82 Å². The number of aliphatic hydroxyl groups excluding tert-OH is 1. The van der Waals surface area contributed by atoms with Gasteiger partial charge in [-0.25, -0.2) is 15.0 Å². The van der Waals surface area contributed by atoms with E-state index in [1.54, 1.807) is 6.92 Å². The van der Waals surface area contributed by atoms with Gasteiger partial charge in [0.05, 0.1) is 6.33 Å². The Morgan fingerprint density at radius 1 is 1.46 bits per heavy atom. The number of hydrogen-bond acceptors (Lipinski definition) is 5. The highest BCUT2D eigenvalue weighted by Gasteiger charge is 2.09. The minimum atomic E-state index is -0.667. The van der Waals surface area contributed by atoms with Gasteiger partial charge >= 0.3 is 0 Å². The summed E-state index contributed by atoms with van der Waals surface area (Å²) in [4.78, 5) is 11.8. The van der Waals surface area contributed by atoms with E-state index >= 15 is 0 Å². The average Bonchev–Trinajstić information content (AvgIpc) is 2.48. The minimum absolute atomic E-state index is 0.324. The highest BCUT2D eigenvalue weighted by atomic mass is 16.3. The molecule has 0 aliphatic rings. The van der Waals surface area contributed by atoms with Crippen LogP contribution in [0.15, 0.2) is 12.7 Å². The van der Waals surface area contributed by atoms with Crippen molar-refractivity contribution in [1.82, 2.24) is 19.5 Å². The van der Waals surface area contributed by atoms with Crippen molar-refractivity contribution in [2.45, 2.75) is 13.2 Å². The number of imidazole rings is 1. The molecule has 0 bridgehead atoms. The van der Waals surface area contributed by atoms with E-state index in [0.29, 0.717) is 17.0 Å². The monoisotopic (exact) mass is 179 g/mol. The molecule has 3 N–H and O–H groups in total. The number of fused-ring (bicyclic) bond motifs is 1. The third-order valence-corrected chi connectivity index (χ3v) is 1.79. The van der Waals surface area contributed by atoms with E-state index in [2.05, 4.69) is 15.0 Å². The van der Waals surface area contributed by atoms with Gasteiger partial charge in [-0.3, -0.25) is 4.57 Å². The number of hydrogen-bond donors (Lipinski definition) is 2. The molecular weight excluding hydrogens is 170 g/mol. The average molecular weight is 179 g/mol. The second kappa shape index (κ2) is 2.67. The minimum Gasteiger partial charge on any atom is -0.382 e. The summed E-state index contributed by atoms with van der Waals surface area (Å²) < 4.78 is 1.52. The van der Waals surface area contributed by atoms with Crippen molar-refractivity contribution in [3.8, 4) is 0 Å². The summed E-state index contributed by atoms with van der Waals surface area (Å²) >= 11 is 0. The fourth-order valence-electron chi connectivity index (χ4n) is 1.14. The fraction of sp³-hybridized carbons (Fsp3) is 0.286. The maximum Gasteiger partial charge on any atom is 0.167 e. The lowest BCUT2D eigenvalue weighted by Crippen LogP contribution is -2.03. The highest BCUT2D eigenvalue weighted by Crippen LogP contribution is 2.16. The van der Waals surface area contributed by atoms with Crippen LogP contribution < -0.4 is 5.73 Å². The molecule has 0 saturated heterocycles. The van der Waals surface area contributed by atoms with Crippen molar-refractivity contribution in [1.29, 1.82) is 0 Å². The lowest BCUT2D eigenvalue weighted by molar-refractivity contribution is 0.128. The number of aromatic nitrogens is 4. The normalized spacial score (nSPS) is 13.4. The second-order valence-corrected chi connectivity index (χ2v) is 2.71. The van der Waals surface area contributed by atoms with Gasteiger partial charge in [-0.1, -0.05) is 0 Å². The van der Waals surface area contributed by atoms with Crippen LogP contribution in [-0.4, -0.2) is 24.6 Å². The van der Waals surface area contributed by atoms with Gasteiger partial charge in [0, 0.05) is 0 Å². The molecule has 1 unspecified atom stereocenters. The fourth-order valence-corrected chi connectivity index (χ4v) is 1.14. The Balaban J connectivity index is 2.75. The maximum absolute atomic E-state index is 9.32. The predicted molar refractivity (Wildman–Crippen MR) is 46.7 cm³/mol. The Labute approximate surface area is 74.1 Å². The standard InChI is InChI=1S/C7H9N5O/c1-4(13)12-3-11-5-6(8)9-2-10-7(5)12/h2-4,13H,1H3,(H2,8,9,10). The summed E-state index contributed by atoms with van der Waals surface area (Å²) in [6, 6.07) is 0. The van der Waals surface area contributed by atoms with Gasteiger partial charge in [0.1, 0.15) is 18.1 Å². The third-order valence-electron chi connectivity index (χ3n) is 1.79. The van der Waals surface area contributed by atoms with Crippen LogP contribution in [0.1, 0.15) is 13.2 Å². The molecule has 0 aliphatic heterocycles. The van der Waals surface area contributed by atoms with Crippen molar-refractivity contribution >= 4 is 17.0 Å². The van der Waals surface area contributed by atoms with E-state index in [1.165, 1.54) is 17.2 Å². The number of nitrogens with zero attached hydrogens (tertiary/aromatic N) is 4. The molecule has 0 aromatic carbocycles. The second-order valence-electron chi connectivity index (χ2n) is 2.71. The molecule has 6 nitrogen and oxygen atoms in total. The molecule has 2 aromatic rings. The number of nitrogens with two attached hydrogens (primary N) is 1. The molecule has 2 heterocycles. The first-order chi connectivity index (χ1) is 6.20. The Morgan fingerprint density at radius 3 is 2.92 bits per heavy atom. The first-order valence-corrected chi connectivity index (χ1v) is 3.81. The van der Waals surface area contributed by atoms with Crippen molar-refractivity contribution in [3.63, 3.8) is 0 Å². The summed E-state index contributed by atoms with van der Waals surface area (Å²) in [5.41, 5.74) is 6.62. The summed E-state index contributed by atoms with van der Waals surface area (Å²) in [6.45, 7) is 1.62. The maximum atomic E-state index is 9.32. The molecule has 0 radical (unpaired) electrons. The molecule has 68 valence electrons. The molecule has 2 rings (SSSR count). The van der Waals surface area contributed by atoms with Crippen LogP contribution >= 0.6 is 0 Å². The van der Waals surface area contributed by atoms with Gasteiger partial charge in [-0.2, -0.15) is 0 Å². The molecule has 0 fully saturated rings. The van der Waals surface area contributed by atoms with Crippen LogP contribution in [0, 0.1) is 0 Å². The van der Waals surface area contributed by atoms with Crippen LogP contribution in [0.5, 0.6) is 0 Å². The van der Waals surface area contributed by atoms with Crippen molar-refractivity contribution < 1.29 is 5.11 Å². The Hall–Kier alpha value is -1.69. The van der Waals surface area contributed by atoms with Crippen LogP contribution in [-0.2, 0) is 0 Å². The lowest BCUT2D eigenvalue weighted by Gasteiger charge is -2.05. The zero-order valence-electron chi connectivity index (χ0n) is 7.05. The van der Waals surface area contributed by atoms with Crippen molar-refractivity contribution in [2.24, 2.45) is 0 Å². The van der Waals surface area contributed by atoms with Crippen LogP contribution in [0.25, 0.3) is 11.2 Å². The topological polar surface area (TPSA) is 89.8 Å². The molecule has 13 heavy (non-hydrogen) atoms. The van der Waals surface area contributed by atoms with Crippen LogP contribution in [0.3, 0.4) is 0 Å². The van der Waals surface area contributed by atoms with Gasteiger partial charge in [0.2, 0.25) is 0 Å². The molecule has 0 spiro atoms. The number of anilines is 1. The van der Waals surface area contributed by atoms with Gasteiger partial charge in [-0.15, -0.1) is 0 Å². The van der Waals surface area contributed by atoms with Gasteiger partial charge in [0.25, 0.3) is 0 Å². The van der Waals surface area contributed by atoms with Crippen LogP contribution in [0.2, 0.25) is 0 Å². The largest absolute Gasteiger partial charge is 0.382 e. The van der Waals surface area contributed by atoms with E-state index in [4.69, 9.17) is 5.73 Å². The summed E-state index contributed by atoms with van der Waals surface area (Å²) in [7, 11) is 0. The number of aliphatic hydroxyl groups is 1. The third kappa shape index (κ3) is 1.11. The predicted octanol–water partition coefficient (Wildman–Crippen LogP) is -0.0807. The molecule has 6 heteroatoms.